The van der Waals surface area contributed by atoms with Crippen LogP contribution in [0.2, 0.25) is 0 Å². The molecular formula is C14H30B2O13P2. The first kappa shape index (κ1) is 25.9. The van der Waals surface area contributed by atoms with E-state index in [1.165, 1.54) is 7.85 Å². The van der Waals surface area contributed by atoms with Crippen molar-refractivity contribution in [2.75, 3.05) is 19.8 Å². The topological polar surface area (TPSA) is 183 Å². The number of phosphoric acid groups is 1. The SMILES string of the molecule is B[C@@H]1O[C@H](COP2(O)(O)OC3C(O2)[C@@H](COCCCC)O[C@H]3B)C(OP(=O)(O)O)C1O. The van der Waals surface area contributed by atoms with E-state index in [0.717, 1.165) is 12.8 Å². The second-order valence-corrected chi connectivity index (χ2v) is 11.5. The molecular weight excluding hydrogens is 460 g/mol. The fourth-order valence-electron chi connectivity index (χ4n) is 3.81. The molecule has 3 fully saturated rings. The summed E-state index contributed by atoms with van der Waals surface area (Å²) in [5, 5.41) is 10.1. The first-order valence-corrected chi connectivity index (χ1v) is 13.6. The molecule has 13 nitrogen and oxygen atoms in total. The molecule has 3 heterocycles. The van der Waals surface area contributed by atoms with Gasteiger partial charge in [0, 0.05) is 0 Å². The molecule has 3 saturated heterocycles. The molecule has 17 heteroatoms. The van der Waals surface area contributed by atoms with Gasteiger partial charge in [-0.15, -0.1) is 0 Å². The maximum atomic E-state index is 11.2. The zero-order chi connectivity index (χ0) is 23.1. The van der Waals surface area contributed by atoms with Crippen molar-refractivity contribution >= 4 is 31.3 Å². The molecule has 0 spiro atoms. The van der Waals surface area contributed by atoms with Gasteiger partial charge in [-0.3, -0.25) is 0 Å². The summed E-state index contributed by atoms with van der Waals surface area (Å²) in [6.45, 7) is 2.11. The van der Waals surface area contributed by atoms with Gasteiger partial charge in [0.25, 0.3) is 0 Å². The van der Waals surface area contributed by atoms with E-state index in [9.17, 15) is 19.5 Å². The number of aliphatic hydroxyl groups is 1. The molecule has 8 atom stereocenters. The van der Waals surface area contributed by atoms with Crippen LogP contribution >= 0.6 is 15.6 Å². The second-order valence-electron chi connectivity index (χ2n) is 7.98. The molecule has 31 heavy (non-hydrogen) atoms. The minimum absolute atomic E-state index is 0.176. The molecule has 0 radical (unpaired) electrons. The predicted molar refractivity (Wildman–Crippen MR) is 110 cm³/mol. The average Bonchev–Trinajstić information content (AvgIpc) is 3.20. The fraction of sp³-hybridized carbons (Fsp3) is 1.00. The number of fused-ring (bicyclic) bond motifs is 1. The molecule has 3 aliphatic heterocycles. The summed E-state index contributed by atoms with van der Waals surface area (Å²) in [6, 6.07) is -1.36. The van der Waals surface area contributed by atoms with E-state index in [-0.39, 0.29) is 6.61 Å². The van der Waals surface area contributed by atoms with Gasteiger partial charge in [0.1, 0.15) is 0 Å². The van der Waals surface area contributed by atoms with Crippen LogP contribution in [0.1, 0.15) is 19.8 Å². The van der Waals surface area contributed by atoms with Crippen LogP contribution in [0.25, 0.3) is 0 Å². The molecule has 0 bridgehead atoms. The number of rotatable bonds is 10. The van der Waals surface area contributed by atoms with Crippen molar-refractivity contribution in [2.45, 2.75) is 68.4 Å². The molecule has 4 unspecified atom stereocenters. The van der Waals surface area contributed by atoms with E-state index in [1.807, 2.05) is 6.92 Å². The average molecular weight is 490 g/mol. The summed E-state index contributed by atoms with van der Waals surface area (Å²) in [5.41, 5.74) is 0. The Morgan fingerprint density at radius 2 is 1.68 bits per heavy atom. The predicted octanol–water partition coefficient (Wildman–Crippen LogP) is -2.73. The van der Waals surface area contributed by atoms with Crippen LogP contribution in [0.15, 0.2) is 0 Å². The Balaban J connectivity index is 1.63. The van der Waals surface area contributed by atoms with Gasteiger partial charge in [0.2, 0.25) is 0 Å². The van der Waals surface area contributed by atoms with Crippen molar-refractivity contribution in [1.82, 2.24) is 0 Å². The molecule has 0 aromatic rings. The zero-order valence-electron chi connectivity index (χ0n) is 17.6. The molecule has 0 amide bonds. The van der Waals surface area contributed by atoms with Crippen molar-refractivity contribution in [3.8, 4) is 0 Å². The molecule has 3 aliphatic rings. The molecule has 0 aromatic heterocycles. The Morgan fingerprint density at radius 1 is 1.03 bits per heavy atom. The van der Waals surface area contributed by atoms with Gasteiger partial charge in [-0.1, -0.05) is 0 Å². The van der Waals surface area contributed by atoms with Crippen LogP contribution in [0.5, 0.6) is 0 Å². The van der Waals surface area contributed by atoms with Crippen LogP contribution in [-0.2, 0) is 36.9 Å². The number of hydrogen-bond donors (Lipinski definition) is 5. The quantitative estimate of drug-likeness (QED) is 0.121. The Bertz CT molecular complexity index is 681. The first-order chi connectivity index (χ1) is 14.3. The number of aliphatic hydroxyl groups excluding tert-OH is 1. The van der Waals surface area contributed by atoms with Gasteiger partial charge >= 0.3 is 181 Å². The van der Waals surface area contributed by atoms with Gasteiger partial charge in [0.05, 0.1) is 0 Å². The van der Waals surface area contributed by atoms with Gasteiger partial charge in [0.15, 0.2) is 0 Å². The standard InChI is InChI=1S/C14H30B2O13P2/c1-2-3-4-23-5-7-11-12(14(16)26-7)29-31(21,22,28-11)24-6-8-10(27-30(18,19)20)9(17)13(15)25-8/h7-14,17,21-22H,2-6,15-16H2,1H3,(H2,18,19,20)/t7-,8-,9?,10?,11?,12?,13-,14-/m1/s1. The number of ether oxygens (including phenoxy) is 3. The molecule has 3 rings (SSSR count). The maximum absolute atomic E-state index is 11.2. The van der Waals surface area contributed by atoms with Crippen molar-refractivity contribution in [3.05, 3.63) is 0 Å². The summed E-state index contributed by atoms with van der Waals surface area (Å²) in [4.78, 5) is 39.6. The van der Waals surface area contributed by atoms with E-state index >= 15 is 0 Å². The van der Waals surface area contributed by atoms with Crippen LogP contribution < -0.4 is 0 Å². The van der Waals surface area contributed by atoms with Crippen molar-refractivity contribution in [3.63, 3.8) is 0 Å². The third-order valence-electron chi connectivity index (χ3n) is 5.36. The van der Waals surface area contributed by atoms with E-state index in [1.54, 1.807) is 7.85 Å². The monoisotopic (exact) mass is 490 g/mol. The molecule has 0 saturated carbocycles. The summed E-state index contributed by atoms with van der Waals surface area (Å²) in [6.07, 6.45) is -4.46. The third-order valence-corrected chi connectivity index (χ3v) is 7.68. The molecule has 0 aliphatic carbocycles. The van der Waals surface area contributed by atoms with Gasteiger partial charge < -0.3 is 0 Å². The Hall–Kier alpha value is 0.310. The molecule has 5 N–H and O–H groups in total. The van der Waals surface area contributed by atoms with Crippen molar-refractivity contribution in [2.24, 2.45) is 0 Å². The summed E-state index contributed by atoms with van der Waals surface area (Å²) >= 11 is 0. The fourth-order valence-corrected chi connectivity index (χ4v) is 6.34. The van der Waals surface area contributed by atoms with Crippen LogP contribution in [-0.4, -0.2) is 109 Å². The number of phosphoric ester groups is 1. The van der Waals surface area contributed by atoms with Crippen LogP contribution in [0.4, 0.5) is 0 Å². The van der Waals surface area contributed by atoms with Gasteiger partial charge in [-0.2, -0.15) is 0 Å². The van der Waals surface area contributed by atoms with E-state index < -0.39 is 70.8 Å². The Kier molecular flexibility index (Phi) is 7.96. The van der Waals surface area contributed by atoms with E-state index in [4.69, 9.17) is 37.6 Å². The van der Waals surface area contributed by atoms with Crippen LogP contribution in [0, 0.1) is 0 Å². The Labute approximate surface area is 181 Å². The Morgan fingerprint density at radius 3 is 2.32 bits per heavy atom. The summed E-state index contributed by atoms with van der Waals surface area (Å²) in [5.74, 6) is 0. The summed E-state index contributed by atoms with van der Waals surface area (Å²) < 4.78 is 48.5. The van der Waals surface area contributed by atoms with E-state index in [0.29, 0.717) is 6.61 Å². The first-order valence-electron chi connectivity index (χ1n) is 10.2. The van der Waals surface area contributed by atoms with E-state index in [2.05, 4.69) is 4.52 Å². The van der Waals surface area contributed by atoms with Gasteiger partial charge in [-0.05, 0) is 0 Å². The van der Waals surface area contributed by atoms with Crippen molar-refractivity contribution in [1.29, 1.82) is 0 Å². The second kappa shape index (κ2) is 9.52. The minimum atomic E-state index is -5.56. The summed E-state index contributed by atoms with van der Waals surface area (Å²) in [7, 11) is -7.35. The third kappa shape index (κ3) is 6.26. The van der Waals surface area contributed by atoms with Crippen LogP contribution in [0.3, 0.4) is 0 Å². The number of unbranched alkanes of at least 4 members (excludes halogenated alkanes) is 1. The zero-order valence-corrected chi connectivity index (χ0v) is 19.3. The molecule has 0 aromatic carbocycles. The normalized spacial score (nSPS) is 42.8. The molecule has 180 valence electrons. The van der Waals surface area contributed by atoms with Gasteiger partial charge in [-0.25, -0.2) is 0 Å². The number of hydrogen-bond acceptors (Lipinski definition) is 11. The van der Waals surface area contributed by atoms with Crippen molar-refractivity contribution < 1.29 is 61.6 Å².